The molecule has 0 radical (unpaired) electrons. The van der Waals surface area contributed by atoms with E-state index in [1.54, 1.807) is 30.3 Å². The van der Waals surface area contributed by atoms with Crippen LogP contribution < -0.4 is 5.73 Å². The lowest BCUT2D eigenvalue weighted by molar-refractivity contribution is 0.595. The number of anilines is 1. The summed E-state index contributed by atoms with van der Waals surface area (Å²) >= 11 is 3.32. The number of halogens is 1. The fourth-order valence-corrected chi connectivity index (χ4v) is 3.63. The van der Waals surface area contributed by atoms with Gasteiger partial charge >= 0.3 is 0 Å². The van der Waals surface area contributed by atoms with E-state index in [1.165, 1.54) is 0 Å². The van der Waals surface area contributed by atoms with E-state index in [1.807, 2.05) is 19.1 Å². The van der Waals surface area contributed by atoms with Crippen LogP contribution in [0.1, 0.15) is 11.1 Å². The average Bonchev–Trinajstić information content (AvgIpc) is 2.35. The van der Waals surface area contributed by atoms with Gasteiger partial charge in [-0.1, -0.05) is 34.1 Å². The summed E-state index contributed by atoms with van der Waals surface area (Å²) in [4.78, 5) is 0.204. The van der Waals surface area contributed by atoms with Gasteiger partial charge in [0.1, 0.15) is 0 Å². The van der Waals surface area contributed by atoms with Gasteiger partial charge in [0.05, 0.1) is 16.3 Å². The molecule has 5 heteroatoms. The molecule has 0 saturated carbocycles. The van der Waals surface area contributed by atoms with Crippen molar-refractivity contribution in [1.29, 1.82) is 0 Å². The van der Waals surface area contributed by atoms with Gasteiger partial charge in [-0.2, -0.15) is 0 Å². The molecule has 19 heavy (non-hydrogen) atoms. The minimum absolute atomic E-state index is 0.0477. The Balaban J connectivity index is 2.37. The predicted molar refractivity (Wildman–Crippen MR) is 80.6 cm³/mol. The molecule has 0 saturated heterocycles. The maximum absolute atomic E-state index is 12.4. The van der Waals surface area contributed by atoms with Crippen molar-refractivity contribution in [2.45, 2.75) is 17.6 Å². The largest absolute Gasteiger partial charge is 0.398 e. The van der Waals surface area contributed by atoms with Gasteiger partial charge in [-0.25, -0.2) is 8.42 Å². The average molecular weight is 340 g/mol. The zero-order valence-corrected chi connectivity index (χ0v) is 12.8. The number of sulfone groups is 1. The van der Waals surface area contributed by atoms with Crippen LogP contribution in [0.15, 0.2) is 51.8 Å². The molecule has 2 rings (SSSR count). The number of rotatable bonds is 3. The van der Waals surface area contributed by atoms with E-state index in [2.05, 4.69) is 15.9 Å². The molecule has 3 nitrogen and oxygen atoms in total. The van der Waals surface area contributed by atoms with Gasteiger partial charge < -0.3 is 5.73 Å². The molecular formula is C14H14BrNO2S. The van der Waals surface area contributed by atoms with Gasteiger partial charge in [0.15, 0.2) is 9.84 Å². The molecule has 100 valence electrons. The van der Waals surface area contributed by atoms with Crippen LogP contribution in [0.3, 0.4) is 0 Å². The lowest BCUT2D eigenvalue weighted by atomic mass is 10.2. The van der Waals surface area contributed by atoms with Gasteiger partial charge in [-0.3, -0.25) is 0 Å². The molecule has 0 atom stereocenters. The molecule has 0 spiro atoms. The molecular weight excluding hydrogens is 326 g/mol. The van der Waals surface area contributed by atoms with Crippen molar-refractivity contribution in [3.63, 3.8) is 0 Å². The van der Waals surface area contributed by atoms with Crippen LogP contribution in [0.4, 0.5) is 5.69 Å². The third-order valence-corrected chi connectivity index (χ3v) is 5.04. The van der Waals surface area contributed by atoms with Gasteiger partial charge in [0.25, 0.3) is 0 Å². The zero-order chi connectivity index (χ0) is 14.0. The van der Waals surface area contributed by atoms with Crippen LogP contribution in [0, 0.1) is 6.92 Å². The SMILES string of the molecule is Cc1ccc(N)c(S(=O)(=O)Cc2ccc(Br)cc2)c1. The second-order valence-corrected chi connectivity index (χ2v) is 7.30. The highest BCUT2D eigenvalue weighted by atomic mass is 79.9. The van der Waals surface area contributed by atoms with Crippen LogP contribution in [0.25, 0.3) is 0 Å². The van der Waals surface area contributed by atoms with E-state index in [-0.39, 0.29) is 10.6 Å². The normalized spacial score (nSPS) is 11.5. The van der Waals surface area contributed by atoms with Gasteiger partial charge in [-0.05, 0) is 42.3 Å². The molecule has 0 aromatic heterocycles. The quantitative estimate of drug-likeness (QED) is 0.872. The van der Waals surface area contributed by atoms with Gasteiger partial charge in [-0.15, -0.1) is 0 Å². The summed E-state index contributed by atoms with van der Waals surface area (Å²) in [6.45, 7) is 1.85. The molecule has 0 aliphatic heterocycles. The van der Waals surface area contributed by atoms with E-state index in [9.17, 15) is 8.42 Å². The van der Waals surface area contributed by atoms with Crippen LogP contribution in [-0.4, -0.2) is 8.42 Å². The molecule has 0 heterocycles. The third kappa shape index (κ3) is 3.36. The molecule has 2 aromatic rings. The fourth-order valence-electron chi connectivity index (χ4n) is 1.79. The van der Waals surface area contributed by atoms with Crippen molar-refractivity contribution in [3.05, 3.63) is 58.1 Å². The first-order valence-corrected chi connectivity index (χ1v) is 8.16. The highest BCUT2D eigenvalue weighted by Crippen LogP contribution is 2.24. The van der Waals surface area contributed by atoms with Gasteiger partial charge in [0, 0.05) is 4.47 Å². The monoisotopic (exact) mass is 339 g/mol. The summed E-state index contributed by atoms with van der Waals surface area (Å²) in [6, 6.07) is 12.3. The van der Waals surface area contributed by atoms with Crippen LogP contribution in [0.2, 0.25) is 0 Å². The summed E-state index contributed by atoms with van der Waals surface area (Å²) in [6.07, 6.45) is 0. The highest BCUT2D eigenvalue weighted by molar-refractivity contribution is 9.10. The maximum Gasteiger partial charge on any atom is 0.184 e. The Bertz CT molecular complexity index is 694. The smallest absolute Gasteiger partial charge is 0.184 e. The van der Waals surface area contributed by atoms with Crippen LogP contribution >= 0.6 is 15.9 Å². The molecule has 0 unspecified atom stereocenters. The number of nitrogen functional groups attached to an aromatic ring is 1. The third-order valence-electron chi connectivity index (χ3n) is 2.77. The number of benzene rings is 2. The molecule has 0 aliphatic carbocycles. The summed E-state index contributed by atoms with van der Waals surface area (Å²) in [5.74, 6) is -0.0477. The lowest BCUT2D eigenvalue weighted by Crippen LogP contribution is -2.08. The van der Waals surface area contributed by atoms with Crippen molar-refractivity contribution in [2.24, 2.45) is 0 Å². The Labute approximate surface area is 121 Å². The summed E-state index contributed by atoms with van der Waals surface area (Å²) < 4.78 is 25.7. The number of hydrogen-bond acceptors (Lipinski definition) is 3. The van der Waals surface area contributed by atoms with Crippen molar-refractivity contribution in [1.82, 2.24) is 0 Å². The number of nitrogens with two attached hydrogens (primary N) is 1. The molecule has 0 fully saturated rings. The number of hydrogen-bond donors (Lipinski definition) is 1. The second kappa shape index (κ2) is 5.35. The Morgan fingerprint density at radius 2 is 1.74 bits per heavy atom. The molecule has 2 aromatic carbocycles. The maximum atomic E-state index is 12.4. The minimum atomic E-state index is -3.42. The van der Waals surface area contributed by atoms with Crippen molar-refractivity contribution in [3.8, 4) is 0 Å². The first-order valence-electron chi connectivity index (χ1n) is 5.72. The van der Waals surface area contributed by atoms with E-state index < -0.39 is 9.84 Å². The van der Waals surface area contributed by atoms with Crippen molar-refractivity contribution < 1.29 is 8.42 Å². The van der Waals surface area contributed by atoms with Crippen LogP contribution in [-0.2, 0) is 15.6 Å². The Hall–Kier alpha value is -1.33. The Morgan fingerprint density at radius 1 is 1.11 bits per heavy atom. The lowest BCUT2D eigenvalue weighted by Gasteiger charge is -2.08. The summed E-state index contributed by atoms with van der Waals surface area (Å²) in [7, 11) is -3.42. The minimum Gasteiger partial charge on any atom is -0.398 e. The topological polar surface area (TPSA) is 60.2 Å². The van der Waals surface area contributed by atoms with E-state index >= 15 is 0 Å². The van der Waals surface area contributed by atoms with E-state index in [0.29, 0.717) is 5.69 Å². The first kappa shape index (κ1) is 14.1. The van der Waals surface area contributed by atoms with E-state index in [0.717, 1.165) is 15.6 Å². The Kier molecular flexibility index (Phi) is 3.96. The summed E-state index contributed by atoms with van der Waals surface area (Å²) in [5, 5.41) is 0. The molecule has 0 amide bonds. The van der Waals surface area contributed by atoms with Crippen LogP contribution in [0.5, 0.6) is 0 Å². The van der Waals surface area contributed by atoms with Crippen molar-refractivity contribution in [2.75, 3.05) is 5.73 Å². The first-order chi connectivity index (χ1) is 8.88. The fraction of sp³-hybridized carbons (Fsp3) is 0.143. The van der Waals surface area contributed by atoms with E-state index in [4.69, 9.17) is 5.73 Å². The predicted octanol–water partition coefficient (Wildman–Crippen LogP) is 3.31. The standard InChI is InChI=1S/C14H14BrNO2S/c1-10-2-7-13(16)14(8-10)19(17,18)9-11-3-5-12(15)6-4-11/h2-8H,9,16H2,1H3. The molecule has 2 N–H and O–H groups in total. The molecule has 0 bridgehead atoms. The zero-order valence-electron chi connectivity index (χ0n) is 10.4. The van der Waals surface area contributed by atoms with Gasteiger partial charge in [0.2, 0.25) is 0 Å². The Morgan fingerprint density at radius 3 is 2.37 bits per heavy atom. The molecule has 0 aliphatic rings. The van der Waals surface area contributed by atoms with Crippen molar-refractivity contribution >= 4 is 31.5 Å². The number of aryl methyl sites for hydroxylation is 1. The summed E-state index contributed by atoms with van der Waals surface area (Å²) in [5.41, 5.74) is 7.68. The highest BCUT2D eigenvalue weighted by Gasteiger charge is 2.18. The second-order valence-electron chi connectivity index (χ2n) is 4.43.